The third-order valence-corrected chi connectivity index (χ3v) is 6.21. The van der Waals surface area contributed by atoms with Crippen LogP contribution in [0.5, 0.6) is 0 Å². The number of ether oxygens (including phenoxy) is 4. The molecule has 18 nitrogen and oxygen atoms in total. The van der Waals surface area contributed by atoms with Gasteiger partial charge in [-0.05, 0) is 24.3 Å². The molecule has 4 aromatic carbocycles. The second-order valence-corrected chi connectivity index (χ2v) is 9.75. The molecule has 0 atom stereocenters. The van der Waals surface area contributed by atoms with E-state index in [9.17, 15) is 58.8 Å². The number of benzene rings is 4. The fraction of sp³-hybridized carbons (Fsp3) is 0.150. The number of aromatic carboxylic acids is 4. The van der Waals surface area contributed by atoms with Gasteiger partial charge in [0.15, 0.2) is 0 Å². The summed E-state index contributed by atoms with van der Waals surface area (Å²) in [6, 6.07) is 26.4. The van der Waals surface area contributed by atoms with Crippen LogP contribution in [0, 0.1) is 22.7 Å². The van der Waals surface area contributed by atoms with Gasteiger partial charge in [0.1, 0.15) is 0 Å². The minimum absolute atomic E-state index is 0. The number of hydrogen-bond acceptors (Lipinski definition) is 18. The Kier molecular flexibility index (Phi) is 33.4. The summed E-state index contributed by atoms with van der Waals surface area (Å²) in [6.07, 6.45) is 0. The van der Waals surface area contributed by atoms with Crippen LogP contribution >= 0.6 is 0 Å². The van der Waals surface area contributed by atoms with Crippen LogP contribution in [0.25, 0.3) is 0 Å². The summed E-state index contributed by atoms with van der Waals surface area (Å²) in [5, 5.41) is 56.7. The van der Waals surface area contributed by atoms with E-state index in [1.807, 2.05) is 0 Å². The van der Waals surface area contributed by atoms with Crippen LogP contribution in [0.1, 0.15) is 96.7 Å². The normalized spacial score (nSPS) is 8.33. The third-order valence-electron chi connectivity index (χ3n) is 6.21. The van der Waals surface area contributed by atoms with Crippen molar-refractivity contribution in [1.29, 1.82) is 10.5 Å². The van der Waals surface area contributed by atoms with Crippen molar-refractivity contribution in [3.63, 3.8) is 0 Å². The molecular formula is C40H34Cu2N2O16. The Morgan fingerprint density at radius 1 is 0.367 bits per heavy atom. The average molecular weight is 926 g/mol. The second kappa shape index (κ2) is 33.8. The fourth-order valence-electron chi connectivity index (χ4n) is 3.80. The number of esters is 4. The van der Waals surface area contributed by atoms with Crippen molar-refractivity contribution >= 4 is 47.8 Å². The van der Waals surface area contributed by atoms with Crippen molar-refractivity contribution in [2.45, 2.75) is 13.8 Å². The maximum absolute atomic E-state index is 11.0. The zero-order valence-electron chi connectivity index (χ0n) is 32.3. The average Bonchev–Trinajstić information content (AvgIpc) is 3.23. The summed E-state index contributed by atoms with van der Waals surface area (Å²) in [5.74, 6) is -8.27. The molecule has 4 rings (SSSR count). The molecule has 4 aromatic rings. The summed E-state index contributed by atoms with van der Waals surface area (Å²) in [6.45, 7) is 2.86. The quantitative estimate of drug-likeness (QED) is 0.131. The largest absolute Gasteiger partial charge is 2.00 e. The second-order valence-electron chi connectivity index (χ2n) is 9.75. The first-order valence-corrected chi connectivity index (χ1v) is 15.7. The number of carbonyl (C=O) groups excluding carboxylic acids is 8. The summed E-state index contributed by atoms with van der Waals surface area (Å²) in [4.78, 5) is 86.2. The van der Waals surface area contributed by atoms with Crippen molar-refractivity contribution in [2.24, 2.45) is 0 Å². The van der Waals surface area contributed by atoms with E-state index in [1.165, 1.54) is 115 Å². The molecule has 0 saturated carbocycles. The molecule has 60 heavy (non-hydrogen) atoms. The van der Waals surface area contributed by atoms with E-state index in [2.05, 4.69) is 18.9 Å². The third kappa shape index (κ3) is 21.3. The minimum Gasteiger partial charge on any atom is -0.545 e. The molecule has 0 N–H and O–H groups in total. The number of carboxylic acids is 4. The number of carboxylic acid groups (broad SMARTS) is 4. The maximum atomic E-state index is 11.0. The van der Waals surface area contributed by atoms with Gasteiger partial charge in [-0.15, -0.1) is 0 Å². The van der Waals surface area contributed by atoms with Crippen LogP contribution in [0.3, 0.4) is 0 Å². The molecule has 2 radical (unpaired) electrons. The Balaban J connectivity index is -0.000000329. The van der Waals surface area contributed by atoms with Crippen molar-refractivity contribution in [3.05, 3.63) is 142 Å². The molecule has 0 aromatic heterocycles. The van der Waals surface area contributed by atoms with Crippen LogP contribution in [0.2, 0.25) is 0 Å². The van der Waals surface area contributed by atoms with Crippen LogP contribution < -0.4 is 20.4 Å². The Hall–Kier alpha value is -7.34. The van der Waals surface area contributed by atoms with Crippen molar-refractivity contribution in [2.75, 3.05) is 28.4 Å². The monoisotopic (exact) mass is 924 g/mol. The summed E-state index contributed by atoms with van der Waals surface area (Å²) in [5.41, 5.74) is -0.614. The Labute approximate surface area is 364 Å². The standard InChI is InChI=1S/4C9H8O4.2C2H3N.2Cu/c4*1-13-9(12)7-5-3-2-4-6(7)8(10)11;2*1-2-3;;/h4*2-5H,1H3,(H,10,11);2*1H3;;/q;;;;;;2*+2/p-4. The van der Waals surface area contributed by atoms with E-state index in [4.69, 9.17) is 10.5 Å². The van der Waals surface area contributed by atoms with Gasteiger partial charge in [-0.3, -0.25) is 0 Å². The van der Waals surface area contributed by atoms with Gasteiger partial charge in [-0.2, -0.15) is 10.5 Å². The first-order chi connectivity index (χ1) is 27.5. The SMILES string of the molecule is CC#N.CC#N.COC(=O)c1ccccc1C(=O)[O-].COC(=O)c1ccccc1C(=O)[O-].COC(=O)c1ccccc1C(=O)[O-].COC(=O)c1ccccc1C(=O)[O-].[Cu+2].[Cu+2]. The molecule has 0 spiro atoms. The number of methoxy groups -OCH3 is 4. The van der Waals surface area contributed by atoms with Gasteiger partial charge >= 0.3 is 58.0 Å². The molecule has 0 aliphatic rings. The first kappa shape index (κ1) is 59.4. The molecular weight excluding hydrogens is 892 g/mol. The van der Waals surface area contributed by atoms with Gasteiger partial charge in [0.2, 0.25) is 0 Å². The molecule has 20 heteroatoms. The van der Waals surface area contributed by atoms with E-state index in [-0.39, 0.29) is 78.6 Å². The van der Waals surface area contributed by atoms with Crippen LogP contribution in [-0.4, -0.2) is 76.2 Å². The number of rotatable bonds is 8. The van der Waals surface area contributed by atoms with Gasteiger partial charge in [0.05, 0.1) is 86.7 Å². The minimum atomic E-state index is -1.39. The van der Waals surface area contributed by atoms with Crippen molar-refractivity contribution in [1.82, 2.24) is 0 Å². The van der Waals surface area contributed by atoms with E-state index in [0.717, 1.165) is 0 Å². The van der Waals surface area contributed by atoms with Gasteiger partial charge in [0.25, 0.3) is 0 Å². The Bertz CT molecular complexity index is 1850. The fourth-order valence-corrected chi connectivity index (χ4v) is 3.80. The summed E-state index contributed by atoms with van der Waals surface area (Å²) >= 11 is 0. The van der Waals surface area contributed by atoms with Gasteiger partial charge in [0, 0.05) is 36.1 Å². The van der Waals surface area contributed by atoms with Crippen LogP contribution in [0.4, 0.5) is 0 Å². The zero-order chi connectivity index (χ0) is 44.8. The summed E-state index contributed by atoms with van der Waals surface area (Å²) in [7, 11) is 4.76. The molecule has 0 saturated heterocycles. The van der Waals surface area contributed by atoms with Gasteiger partial charge < -0.3 is 58.6 Å². The Morgan fingerprint density at radius 2 is 0.483 bits per heavy atom. The van der Waals surface area contributed by atoms with Gasteiger partial charge in [-0.1, -0.05) is 72.8 Å². The van der Waals surface area contributed by atoms with E-state index in [0.29, 0.717) is 0 Å². The van der Waals surface area contributed by atoms with E-state index < -0.39 is 47.8 Å². The van der Waals surface area contributed by atoms with Crippen LogP contribution in [-0.2, 0) is 53.1 Å². The number of nitrogens with zero attached hydrogens (tertiary/aromatic N) is 2. The molecule has 0 heterocycles. The zero-order valence-corrected chi connectivity index (χ0v) is 34.2. The van der Waals surface area contributed by atoms with E-state index >= 15 is 0 Å². The number of carbonyl (C=O) groups is 8. The smallest absolute Gasteiger partial charge is 0.545 e. The van der Waals surface area contributed by atoms with E-state index in [1.54, 1.807) is 36.4 Å². The topological polar surface area (TPSA) is 313 Å². The molecule has 0 amide bonds. The van der Waals surface area contributed by atoms with Crippen LogP contribution in [0.15, 0.2) is 97.1 Å². The predicted molar refractivity (Wildman–Crippen MR) is 191 cm³/mol. The van der Waals surface area contributed by atoms with Crippen molar-refractivity contribution < 1.29 is 112 Å². The van der Waals surface area contributed by atoms with Gasteiger partial charge in [-0.25, -0.2) is 19.2 Å². The Morgan fingerprint density at radius 3 is 0.583 bits per heavy atom. The molecule has 0 aliphatic heterocycles. The number of hydrogen-bond donors (Lipinski definition) is 0. The number of nitriles is 2. The predicted octanol–water partition coefficient (Wildman–Crippen LogP) is 0.402. The molecule has 0 unspecified atom stereocenters. The molecule has 0 aliphatic carbocycles. The molecule has 0 bridgehead atoms. The molecule has 0 fully saturated rings. The van der Waals surface area contributed by atoms with Crippen molar-refractivity contribution in [3.8, 4) is 12.1 Å². The maximum Gasteiger partial charge on any atom is 2.00 e. The molecule has 322 valence electrons. The summed E-state index contributed by atoms with van der Waals surface area (Å²) < 4.78 is 17.6. The first-order valence-electron chi connectivity index (χ1n) is 15.7.